The molecule has 2 rings (SSSR count). The first-order valence-electron chi connectivity index (χ1n) is 4.99. The minimum absolute atomic E-state index is 0.168. The van der Waals surface area contributed by atoms with Crippen molar-refractivity contribution < 1.29 is 14.2 Å². The lowest BCUT2D eigenvalue weighted by Crippen LogP contribution is -2.34. The van der Waals surface area contributed by atoms with Gasteiger partial charge in [0.05, 0.1) is 12.8 Å². The van der Waals surface area contributed by atoms with E-state index in [0.717, 1.165) is 19.0 Å². The maximum Gasteiger partial charge on any atom is 0.141 e. The molecule has 1 aliphatic carbocycles. The first-order valence-corrected chi connectivity index (χ1v) is 4.99. The van der Waals surface area contributed by atoms with Gasteiger partial charge in [0, 0.05) is 18.9 Å². The number of pyridine rings is 1. The van der Waals surface area contributed by atoms with Crippen molar-refractivity contribution in [3.05, 3.63) is 29.8 Å². The third kappa shape index (κ3) is 2.01. The number of rotatable bonds is 4. The number of aliphatic hydroxyl groups is 1. The quantitative estimate of drug-likeness (QED) is 0.820. The van der Waals surface area contributed by atoms with Gasteiger partial charge in [0.1, 0.15) is 11.4 Å². The largest absolute Gasteiger partial charge is 0.382 e. The van der Waals surface area contributed by atoms with Crippen LogP contribution in [0.15, 0.2) is 18.5 Å². The zero-order valence-corrected chi connectivity index (χ0v) is 8.61. The van der Waals surface area contributed by atoms with E-state index in [9.17, 15) is 9.50 Å². The summed E-state index contributed by atoms with van der Waals surface area (Å²) in [5.74, 6) is -0.260. The highest BCUT2D eigenvalue weighted by Crippen LogP contribution is 2.45. The molecule has 1 heterocycles. The summed E-state index contributed by atoms with van der Waals surface area (Å²) < 4.78 is 18.0. The van der Waals surface area contributed by atoms with E-state index >= 15 is 0 Å². The molecule has 1 fully saturated rings. The van der Waals surface area contributed by atoms with Crippen LogP contribution in [0.1, 0.15) is 18.4 Å². The monoisotopic (exact) mass is 211 g/mol. The second kappa shape index (κ2) is 3.87. The molecule has 15 heavy (non-hydrogen) atoms. The number of methoxy groups -OCH3 is 1. The van der Waals surface area contributed by atoms with Crippen LogP contribution in [-0.4, -0.2) is 23.8 Å². The highest BCUT2D eigenvalue weighted by atomic mass is 19.1. The molecule has 1 unspecified atom stereocenters. The fraction of sp³-hybridized carbons (Fsp3) is 0.545. The van der Waals surface area contributed by atoms with E-state index in [1.54, 1.807) is 0 Å². The third-order valence-corrected chi connectivity index (χ3v) is 2.82. The number of aromatic nitrogens is 1. The van der Waals surface area contributed by atoms with Crippen LogP contribution in [0.4, 0.5) is 4.39 Å². The van der Waals surface area contributed by atoms with Gasteiger partial charge in [-0.2, -0.15) is 0 Å². The van der Waals surface area contributed by atoms with Crippen LogP contribution in [-0.2, 0) is 10.3 Å². The SMILES string of the molecule is COCC(O)(c1cncc(F)c1)C1CC1. The third-order valence-electron chi connectivity index (χ3n) is 2.82. The van der Waals surface area contributed by atoms with Gasteiger partial charge in [0.2, 0.25) is 0 Å². The van der Waals surface area contributed by atoms with Crippen molar-refractivity contribution in [1.29, 1.82) is 0 Å². The van der Waals surface area contributed by atoms with Crippen molar-refractivity contribution in [3.8, 4) is 0 Å². The number of ether oxygens (including phenoxy) is 1. The molecule has 1 aliphatic rings. The van der Waals surface area contributed by atoms with Crippen LogP contribution < -0.4 is 0 Å². The van der Waals surface area contributed by atoms with E-state index in [1.807, 2.05) is 0 Å². The molecule has 0 aliphatic heterocycles. The molecule has 82 valence electrons. The first-order chi connectivity index (χ1) is 7.16. The molecule has 1 aromatic rings. The Balaban J connectivity index is 2.31. The van der Waals surface area contributed by atoms with Crippen LogP contribution in [0.2, 0.25) is 0 Å². The highest BCUT2D eigenvalue weighted by molar-refractivity contribution is 5.22. The second-order valence-electron chi connectivity index (χ2n) is 4.02. The van der Waals surface area contributed by atoms with Gasteiger partial charge in [-0.05, 0) is 24.8 Å². The van der Waals surface area contributed by atoms with Crippen molar-refractivity contribution in [2.75, 3.05) is 13.7 Å². The second-order valence-corrected chi connectivity index (χ2v) is 4.02. The molecule has 4 heteroatoms. The van der Waals surface area contributed by atoms with Crippen LogP contribution in [0.25, 0.3) is 0 Å². The topological polar surface area (TPSA) is 42.4 Å². The summed E-state index contributed by atoms with van der Waals surface area (Å²) in [6.07, 6.45) is 4.54. The zero-order valence-electron chi connectivity index (χ0n) is 8.61. The molecule has 1 saturated carbocycles. The van der Waals surface area contributed by atoms with Gasteiger partial charge in [-0.25, -0.2) is 4.39 Å². The Hall–Kier alpha value is -1.00. The Labute approximate surface area is 87.9 Å². The molecule has 1 N–H and O–H groups in total. The van der Waals surface area contributed by atoms with Crippen LogP contribution in [0.5, 0.6) is 0 Å². The van der Waals surface area contributed by atoms with E-state index in [4.69, 9.17) is 4.74 Å². The molecule has 0 amide bonds. The van der Waals surface area contributed by atoms with Gasteiger partial charge in [-0.1, -0.05) is 0 Å². The Bertz CT molecular complexity index is 354. The van der Waals surface area contributed by atoms with Gasteiger partial charge >= 0.3 is 0 Å². The van der Waals surface area contributed by atoms with Crippen LogP contribution in [0, 0.1) is 11.7 Å². The van der Waals surface area contributed by atoms with E-state index in [2.05, 4.69) is 4.98 Å². The van der Waals surface area contributed by atoms with Crippen molar-refractivity contribution in [2.24, 2.45) is 5.92 Å². The number of hydrogen-bond donors (Lipinski definition) is 1. The summed E-state index contributed by atoms with van der Waals surface area (Å²) in [6.45, 7) is 0.183. The smallest absolute Gasteiger partial charge is 0.141 e. The summed E-state index contributed by atoms with van der Waals surface area (Å²) >= 11 is 0. The van der Waals surface area contributed by atoms with Crippen molar-refractivity contribution in [2.45, 2.75) is 18.4 Å². The first kappa shape index (κ1) is 10.5. The van der Waals surface area contributed by atoms with Crippen molar-refractivity contribution in [3.63, 3.8) is 0 Å². The molecule has 0 radical (unpaired) electrons. The van der Waals surface area contributed by atoms with Gasteiger partial charge in [-0.15, -0.1) is 0 Å². The standard InChI is InChI=1S/C11H14FNO2/c1-15-7-11(14,8-2-3-8)9-4-10(12)6-13-5-9/h4-6,8,14H,2-3,7H2,1H3. The minimum Gasteiger partial charge on any atom is -0.382 e. The lowest BCUT2D eigenvalue weighted by molar-refractivity contribution is -0.0536. The molecule has 1 aromatic heterocycles. The fourth-order valence-corrected chi connectivity index (χ4v) is 1.87. The van der Waals surface area contributed by atoms with Crippen molar-refractivity contribution >= 4 is 0 Å². The maximum atomic E-state index is 13.0. The fourth-order valence-electron chi connectivity index (χ4n) is 1.87. The Morgan fingerprint density at radius 3 is 2.87 bits per heavy atom. The molecule has 3 nitrogen and oxygen atoms in total. The van der Waals surface area contributed by atoms with Crippen LogP contribution >= 0.6 is 0 Å². The highest BCUT2D eigenvalue weighted by Gasteiger charge is 2.45. The number of halogens is 1. The van der Waals surface area contributed by atoms with Gasteiger partial charge in [0.25, 0.3) is 0 Å². The number of nitrogens with zero attached hydrogens (tertiary/aromatic N) is 1. The normalized spacial score (nSPS) is 19.9. The molecule has 0 bridgehead atoms. The zero-order chi connectivity index (χ0) is 10.9. The van der Waals surface area contributed by atoms with E-state index in [0.29, 0.717) is 5.56 Å². The Morgan fingerprint density at radius 1 is 1.60 bits per heavy atom. The molecule has 0 spiro atoms. The summed E-state index contributed by atoms with van der Waals surface area (Å²) in [5, 5.41) is 10.4. The summed E-state index contributed by atoms with van der Waals surface area (Å²) in [5.41, 5.74) is -0.573. The van der Waals surface area contributed by atoms with Gasteiger partial charge in [-0.3, -0.25) is 4.98 Å². The summed E-state index contributed by atoms with van der Waals surface area (Å²) in [7, 11) is 1.53. The summed E-state index contributed by atoms with van der Waals surface area (Å²) in [6, 6.07) is 1.32. The Morgan fingerprint density at radius 2 is 2.33 bits per heavy atom. The van der Waals surface area contributed by atoms with Crippen molar-refractivity contribution in [1.82, 2.24) is 4.98 Å². The lowest BCUT2D eigenvalue weighted by atomic mass is 9.91. The average molecular weight is 211 g/mol. The minimum atomic E-state index is -1.08. The predicted octanol–water partition coefficient (Wildman–Crippen LogP) is 1.46. The number of hydrogen-bond acceptors (Lipinski definition) is 3. The summed E-state index contributed by atoms with van der Waals surface area (Å²) in [4.78, 5) is 3.75. The van der Waals surface area contributed by atoms with E-state index in [-0.39, 0.29) is 12.5 Å². The van der Waals surface area contributed by atoms with Gasteiger partial charge in [0.15, 0.2) is 0 Å². The lowest BCUT2D eigenvalue weighted by Gasteiger charge is -2.27. The average Bonchev–Trinajstić information content (AvgIpc) is 3.01. The predicted molar refractivity (Wildman–Crippen MR) is 52.7 cm³/mol. The van der Waals surface area contributed by atoms with Gasteiger partial charge < -0.3 is 9.84 Å². The maximum absolute atomic E-state index is 13.0. The van der Waals surface area contributed by atoms with Crippen LogP contribution in [0.3, 0.4) is 0 Å². The molecular weight excluding hydrogens is 197 g/mol. The molecule has 0 saturated heterocycles. The molecular formula is C11H14FNO2. The van der Waals surface area contributed by atoms with E-state index in [1.165, 1.54) is 19.4 Å². The molecule has 1 atom stereocenters. The van der Waals surface area contributed by atoms with E-state index < -0.39 is 11.4 Å². The molecule has 0 aromatic carbocycles. The Kier molecular flexibility index (Phi) is 2.71.